The number of fused-ring (bicyclic) bond motifs is 1. The van der Waals surface area contributed by atoms with E-state index in [9.17, 15) is 19.6 Å². The maximum absolute atomic E-state index is 13.3. The molecule has 2 fully saturated rings. The van der Waals surface area contributed by atoms with Crippen molar-refractivity contribution in [2.24, 2.45) is 0 Å². The Morgan fingerprint density at radius 2 is 2.18 bits per heavy atom. The topological polar surface area (TPSA) is 138 Å². The molecular formula is C27H30N6O5. The quantitative estimate of drug-likeness (QED) is 0.416. The molecule has 0 radical (unpaired) electrons. The Morgan fingerprint density at radius 3 is 2.92 bits per heavy atom. The third-order valence-corrected chi connectivity index (χ3v) is 7.40. The van der Waals surface area contributed by atoms with E-state index in [4.69, 9.17) is 9.47 Å². The van der Waals surface area contributed by atoms with Crippen LogP contribution in [0.15, 0.2) is 18.3 Å². The second-order valence-corrected chi connectivity index (χ2v) is 9.95. The SMILES string of the molecule is COCCCc1cc(NC(=O)N2CCCc3cc(CN4C(=O)COCC45CC5)c(C=O)nc32)ncc1C#N. The van der Waals surface area contributed by atoms with Crippen molar-refractivity contribution in [2.75, 3.05) is 43.7 Å². The van der Waals surface area contributed by atoms with Gasteiger partial charge >= 0.3 is 6.03 Å². The predicted octanol–water partition coefficient (Wildman–Crippen LogP) is 2.62. The first kappa shape index (κ1) is 25.8. The molecule has 1 aliphatic carbocycles. The zero-order chi connectivity index (χ0) is 26.7. The molecule has 4 heterocycles. The van der Waals surface area contributed by atoms with Crippen LogP contribution in [-0.4, -0.2) is 72.1 Å². The van der Waals surface area contributed by atoms with Crippen molar-refractivity contribution in [3.8, 4) is 6.07 Å². The van der Waals surface area contributed by atoms with Gasteiger partial charge in [0.05, 0.1) is 17.7 Å². The van der Waals surface area contributed by atoms with Crippen LogP contribution in [0.1, 0.15) is 58.4 Å². The van der Waals surface area contributed by atoms with Gasteiger partial charge in [0.2, 0.25) is 5.91 Å². The summed E-state index contributed by atoms with van der Waals surface area (Å²) < 4.78 is 10.6. The number of morpholine rings is 1. The number of aryl methyl sites for hydroxylation is 2. The Kier molecular flexibility index (Phi) is 7.35. The highest BCUT2D eigenvalue weighted by atomic mass is 16.5. The summed E-state index contributed by atoms with van der Waals surface area (Å²) in [4.78, 5) is 50.1. The molecule has 2 aromatic rings. The Hall–Kier alpha value is -3.88. The van der Waals surface area contributed by atoms with Crippen molar-refractivity contribution in [2.45, 2.75) is 50.6 Å². The highest BCUT2D eigenvalue weighted by Gasteiger charge is 2.52. The van der Waals surface area contributed by atoms with E-state index in [-0.39, 0.29) is 23.7 Å². The Balaban J connectivity index is 1.36. The van der Waals surface area contributed by atoms with E-state index in [1.807, 2.05) is 11.0 Å². The molecule has 38 heavy (non-hydrogen) atoms. The van der Waals surface area contributed by atoms with E-state index in [2.05, 4.69) is 21.4 Å². The first-order chi connectivity index (χ1) is 18.5. The standard InChI is InChI=1S/C27H30N6O5/c1-37-9-3-5-18-11-23(29-13-21(18)12-28)31-26(36)32-8-2-4-19-10-20(22(15-34)30-25(19)32)14-33-24(35)16-38-17-27(33)6-7-27/h10-11,13,15H,2-9,14,16-17H2,1H3,(H,29,31,36). The summed E-state index contributed by atoms with van der Waals surface area (Å²) in [5.41, 5.74) is 2.72. The predicted molar refractivity (Wildman–Crippen MR) is 137 cm³/mol. The number of hydrogen-bond acceptors (Lipinski definition) is 8. The summed E-state index contributed by atoms with van der Waals surface area (Å²) in [6, 6.07) is 5.33. The molecule has 5 rings (SSSR count). The number of rotatable bonds is 8. The van der Waals surface area contributed by atoms with Gasteiger partial charge in [-0.25, -0.2) is 14.8 Å². The molecule has 3 aliphatic rings. The lowest BCUT2D eigenvalue weighted by Crippen LogP contribution is -2.50. The molecule has 0 atom stereocenters. The third-order valence-electron chi connectivity index (χ3n) is 7.40. The average Bonchev–Trinajstić information content (AvgIpc) is 3.70. The molecule has 11 heteroatoms. The number of pyridine rings is 2. The van der Waals surface area contributed by atoms with Crippen molar-refractivity contribution >= 4 is 29.9 Å². The molecule has 1 N–H and O–H groups in total. The van der Waals surface area contributed by atoms with Crippen LogP contribution < -0.4 is 10.2 Å². The number of urea groups is 1. The average molecular weight is 519 g/mol. The molecule has 1 saturated carbocycles. The van der Waals surface area contributed by atoms with Crippen LogP contribution in [0.4, 0.5) is 16.4 Å². The molecule has 11 nitrogen and oxygen atoms in total. The van der Waals surface area contributed by atoms with E-state index in [1.165, 1.54) is 11.1 Å². The van der Waals surface area contributed by atoms with E-state index in [0.29, 0.717) is 68.2 Å². The minimum absolute atomic E-state index is 0.0436. The number of nitriles is 1. The Morgan fingerprint density at radius 1 is 1.34 bits per heavy atom. The lowest BCUT2D eigenvalue weighted by molar-refractivity contribution is -0.151. The fourth-order valence-corrected chi connectivity index (χ4v) is 5.17. The summed E-state index contributed by atoms with van der Waals surface area (Å²) in [5, 5.41) is 12.2. The van der Waals surface area contributed by atoms with Gasteiger partial charge < -0.3 is 14.4 Å². The lowest BCUT2D eigenvalue weighted by Gasteiger charge is -2.36. The Labute approximate surface area is 220 Å². The number of nitrogens with one attached hydrogen (secondary N) is 1. The maximum Gasteiger partial charge on any atom is 0.328 e. The van der Waals surface area contributed by atoms with E-state index >= 15 is 0 Å². The molecule has 198 valence electrons. The van der Waals surface area contributed by atoms with Gasteiger partial charge in [0, 0.05) is 38.6 Å². The van der Waals surface area contributed by atoms with Gasteiger partial charge in [-0.1, -0.05) is 0 Å². The van der Waals surface area contributed by atoms with Gasteiger partial charge in [0.15, 0.2) is 6.29 Å². The van der Waals surface area contributed by atoms with Crippen molar-refractivity contribution in [3.63, 3.8) is 0 Å². The highest BCUT2D eigenvalue weighted by Crippen LogP contribution is 2.45. The number of nitrogens with zero attached hydrogens (tertiary/aromatic N) is 5. The van der Waals surface area contributed by atoms with Gasteiger partial charge in [-0.05, 0) is 61.8 Å². The summed E-state index contributed by atoms with van der Waals surface area (Å²) in [7, 11) is 1.62. The number of carbonyl (C=O) groups is 3. The molecular weight excluding hydrogens is 488 g/mol. The normalized spacial score (nSPS) is 17.6. The summed E-state index contributed by atoms with van der Waals surface area (Å²) in [6.07, 6.45) is 6.70. The van der Waals surface area contributed by atoms with Gasteiger partial charge in [0.25, 0.3) is 0 Å². The first-order valence-corrected chi connectivity index (χ1v) is 12.8. The lowest BCUT2D eigenvalue weighted by atomic mass is 10.0. The number of hydrogen-bond donors (Lipinski definition) is 1. The zero-order valence-electron chi connectivity index (χ0n) is 21.4. The summed E-state index contributed by atoms with van der Waals surface area (Å²) in [6.45, 7) is 1.85. The van der Waals surface area contributed by atoms with Crippen LogP contribution >= 0.6 is 0 Å². The van der Waals surface area contributed by atoms with Crippen LogP contribution in [0, 0.1) is 11.3 Å². The minimum Gasteiger partial charge on any atom is -0.385 e. The van der Waals surface area contributed by atoms with Gasteiger partial charge in [-0.15, -0.1) is 0 Å². The molecule has 3 amide bonds. The third kappa shape index (κ3) is 5.10. The number of methoxy groups -OCH3 is 1. The van der Waals surface area contributed by atoms with Crippen molar-refractivity contribution in [1.29, 1.82) is 5.26 Å². The number of carbonyl (C=O) groups excluding carboxylic acids is 3. The Bertz CT molecular complexity index is 1300. The monoisotopic (exact) mass is 518 g/mol. The number of amides is 3. The van der Waals surface area contributed by atoms with Crippen molar-refractivity contribution in [1.82, 2.24) is 14.9 Å². The van der Waals surface area contributed by atoms with Crippen LogP contribution in [0.2, 0.25) is 0 Å². The van der Waals surface area contributed by atoms with Crippen molar-refractivity contribution < 1.29 is 23.9 Å². The zero-order valence-corrected chi connectivity index (χ0v) is 21.4. The van der Waals surface area contributed by atoms with Gasteiger partial charge in [0.1, 0.15) is 30.0 Å². The van der Waals surface area contributed by atoms with E-state index in [0.717, 1.165) is 36.8 Å². The van der Waals surface area contributed by atoms with Crippen LogP contribution in [0.3, 0.4) is 0 Å². The maximum atomic E-state index is 13.3. The molecule has 0 bridgehead atoms. The van der Waals surface area contributed by atoms with Gasteiger partial charge in [-0.3, -0.25) is 19.8 Å². The largest absolute Gasteiger partial charge is 0.385 e. The highest BCUT2D eigenvalue weighted by molar-refractivity contribution is 6.01. The fourth-order valence-electron chi connectivity index (χ4n) is 5.17. The van der Waals surface area contributed by atoms with E-state index in [1.54, 1.807) is 13.2 Å². The fraction of sp³-hybridized carbons (Fsp3) is 0.481. The van der Waals surface area contributed by atoms with Crippen LogP contribution in [-0.2, 0) is 33.7 Å². The molecule has 1 saturated heterocycles. The van der Waals surface area contributed by atoms with E-state index < -0.39 is 6.03 Å². The number of aromatic nitrogens is 2. The minimum atomic E-state index is -0.414. The number of aldehydes is 1. The smallest absolute Gasteiger partial charge is 0.328 e. The second-order valence-electron chi connectivity index (χ2n) is 9.95. The second kappa shape index (κ2) is 10.8. The molecule has 2 aliphatic heterocycles. The molecule has 0 unspecified atom stereocenters. The van der Waals surface area contributed by atoms with Crippen LogP contribution in [0.5, 0.6) is 0 Å². The first-order valence-electron chi connectivity index (χ1n) is 12.8. The van der Waals surface area contributed by atoms with Crippen LogP contribution in [0.25, 0.3) is 0 Å². The molecule has 1 spiro atoms. The summed E-state index contributed by atoms with van der Waals surface area (Å²) >= 11 is 0. The molecule has 0 aromatic carbocycles. The van der Waals surface area contributed by atoms with Gasteiger partial charge in [-0.2, -0.15) is 5.26 Å². The van der Waals surface area contributed by atoms with Crippen molar-refractivity contribution in [3.05, 3.63) is 46.3 Å². The number of ether oxygens (including phenoxy) is 2. The molecule has 2 aromatic heterocycles. The summed E-state index contributed by atoms with van der Waals surface area (Å²) in [5.74, 6) is 0.685. The number of anilines is 2.